The molecule has 0 N–H and O–H groups in total. The topological polar surface area (TPSA) is 46.6 Å². The Hall–Kier alpha value is -2.62. The maximum atomic E-state index is 12.6. The zero-order valence-electron chi connectivity index (χ0n) is 13.7. The molecule has 0 saturated carbocycles. The first kappa shape index (κ1) is 16.2. The zero-order chi connectivity index (χ0) is 16.9. The van der Waals surface area contributed by atoms with E-state index in [1.807, 2.05) is 60.7 Å². The van der Waals surface area contributed by atoms with Gasteiger partial charge in [-0.1, -0.05) is 60.7 Å². The summed E-state index contributed by atoms with van der Waals surface area (Å²) in [6.07, 6.45) is 0.200. The quantitative estimate of drug-likeness (QED) is 0.793. The van der Waals surface area contributed by atoms with Crippen molar-refractivity contribution in [2.24, 2.45) is 5.92 Å². The van der Waals surface area contributed by atoms with Crippen LogP contribution in [0.5, 0.6) is 0 Å². The van der Waals surface area contributed by atoms with E-state index in [1.165, 1.54) is 0 Å². The molecule has 0 aliphatic carbocycles. The average Bonchev–Trinajstić information content (AvgIpc) is 2.93. The number of rotatable bonds is 5. The Balaban J connectivity index is 1.93. The lowest BCUT2D eigenvalue weighted by Gasteiger charge is -2.28. The van der Waals surface area contributed by atoms with Crippen LogP contribution < -0.4 is 0 Å². The van der Waals surface area contributed by atoms with E-state index in [4.69, 9.17) is 4.74 Å². The molecule has 0 aromatic heterocycles. The molecule has 0 radical (unpaired) electrons. The number of amides is 1. The predicted octanol–water partition coefficient (Wildman–Crippen LogP) is 3.34. The summed E-state index contributed by atoms with van der Waals surface area (Å²) in [4.78, 5) is 26.8. The SMILES string of the molecule is CCOC(=O)C1CC(=O)N(Cc2ccccc2)C1c1ccccc1. The number of hydrogen-bond donors (Lipinski definition) is 0. The summed E-state index contributed by atoms with van der Waals surface area (Å²) in [7, 11) is 0. The van der Waals surface area contributed by atoms with Crippen molar-refractivity contribution in [1.82, 2.24) is 4.90 Å². The number of carbonyl (C=O) groups excluding carboxylic acids is 2. The second kappa shape index (κ2) is 7.30. The molecule has 1 amide bonds. The van der Waals surface area contributed by atoms with Crippen molar-refractivity contribution in [3.05, 3.63) is 71.8 Å². The first-order valence-corrected chi connectivity index (χ1v) is 8.25. The van der Waals surface area contributed by atoms with Crippen LogP contribution in [0.1, 0.15) is 30.5 Å². The number of nitrogens with zero attached hydrogens (tertiary/aromatic N) is 1. The summed E-state index contributed by atoms with van der Waals surface area (Å²) in [6.45, 7) is 2.60. The van der Waals surface area contributed by atoms with Crippen molar-refractivity contribution in [1.29, 1.82) is 0 Å². The fourth-order valence-electron chi connectivity index (χ4n) is 3.28. The van der Waals surface area contributed by atoms with Crippen LogP contribution in [0.4, 0.5) is 0 Å². The van der Waals surface area contributed by atoms with E-state index in [9.17, 15) is 9.59 Å². The van der Waals surface area contributed by atoms with Gasteiger partial charge < -0.3 is 9.64 Å². The number of likely N-dealkylation sites (tertiary alicyclic amines) is 1. The van der Waals surface area contributed by atoms with Gasteiger partial charge in [-0.15, -0.1) is 0 Å². The Kier molecular flexibility index (Phi) is 4.94. The van der Waals surface area contributed by atoms with Gasteiger partial charge in [0.15, 0.2) is 0 Å². The van der Waals surface area contributed by atoms with Crippen molar-refractivity contribution in [3.63, 3.8) is 0 Å². The number of ether oxygens (including phenoxy) is 1. The van der Waals surface area contributed by atoms with Crippen LogP contribution in [0, 0.1) is 5.92 Å². The van der Waals surface area contributed by atoms with Gasteiger partial charge in [0.1, 0.15) is 0 Å². The van der Waals surface area contributed by atoms with Gasteiger partial charge in [0, 0.05) is 13.0 Å². The molecule has 124 valence electrons. The minimum absolute atomic E-state index is 0.00856. The van der Waals surface area contributed by atoms with Crippen LogP contribution >= 0.6 is 0 Å². The van der Waals surface area contributed by atoms with Gasteiger partial charge in [0.2, 0.25) is 5.91 Å². The van der Waals surface area contributed by atoms with Crippen LogP contribution in [-0.2, 0) is 20.9 Å². The molecule has 24 heavy (non-hydrogen) atoms. The average molecular weight is 323 g/mol. The molecule has 2 aromatic carbocycles. The third-order valence-corrected chi connectivity index (χ3v) is 4.36. The summed E-state index contributed by atoms with van der Waals surface area (Å²) in [5.41, 5.74) is 2.02. The lowest BCUT2D eigenvalue weighted by Crippen LogP contribution is -2.30. The van der Waals surface area contributed by atoms with E-state index in [1.54, 1.807) is 11.8 Å². The minimum Gasteiger partial charge on any atom is -0.466 e. The number of benzene rings is 2. The Labute approximate surface area is 142 Å². The van der Waals surface area contributed by atoms with Gasteiger partial charge in [0.05, 0.1) is 18.6 Å². The van der Waals surface area contributed by atoms with Gasteiger partial charge in [-0.05, 0) is 18.1 Å². The van der Waals surface area contributed by atoms with Gasteiger partial charge in [-0.2, -0.15) is 0 Å². The molecule has 1 aliphatic rings. The maximum absolute atomic E-state index is 12.6. The van der Waals surface area contributed by atoms with Crippen molar-refractivity contribution >= 4 is 11.9 Å². The molecule has 2 aromatic rings. The van der Waals surface area contributed by atoms with E-state index in [-0.39, 0.29) is 24.3 Å². The summed E-state index contributed by atoms with van der Waals surface area (Å²) >= 11 is 0. The van der Waals surface area contributed by atoms with Crippen molar-refractivity contribution in [2.75, 3.05) is 6.61 Å². The number of esters is 1. The van der Waals surface area contributed by atoms with Crippen molar-refractivity contribution in [2.45, 2.75) is 25.9 Å². The summed E-state index contributed by atoms with van der Waals surface area (Å²) in [5, 5.41) is 0. The first-order valence-electron chi connectivity index (χ1n) is 8.25. The summed E-state index contributed by atoms with van der Waals surface area (Å²) in [6, 6.07) is 19.3. The van der Waals surface area contributed by atoms with Gasteiger partial charge in [-0.3, -0.25) is 9.59 Å². The Bertz CT molecular complexity index is 699. The lowest BCUT2D eigenvalue weighted by molar-refractivity contribution is -0.149. The highest BCUT2D eigenvalue weighted by molar-refractivity contribution is 5.88. The van der Waals surface area contributed by atoms with Crippen LogP contribution in [0.2, 0.25) is 0 Å². The van der Waals surface area contributed by atoms with Crippen molar-refractivity contribution in [3.8, 4) is 0 Å². The van der Waals surface area contributed by atoms with Crippen LogP contribution in [-0.4, -0.2) is 23.4 Å². The van der Waals surface area contributed by atoms with Crippen LogP contribution in [0.15, 0.2) is 60.7 Å². The molecule has 0 bridgehead atoms. The third-order valence-electron chi connectivity index (χ3n) is 4.36. The standard InChI is InChI=1S/C20H21NO3/c1-2-24-20(23)17-13-18(22)21(14-15-9-5-3-6-10-15)19(17)16-11-7-4-8-12-16/h3-12,17,19H,2,13-14H2,1H3. The Morgan fingerprint density at radius 3 is 2.33 bits per heavy atom. The molecule has 1 saturated heterocycles. The Morgan fingerprint density at radius 2 is 1.71 bits per heavy atom. The maximum Gasteiger partial charge on any atom is 0.311 e. The van der Waals surface area contributed by atoms with E-state index in [0.29, 0.717) is 13.2 Å². The first-order chi connectivity index (χ1) is 11.7. The second-order valence-corrected chi connectivity index (χ2v) is 5.93. The second-order valence-electron chi connectivity index (χ2n) is 5.93. The molecular formula is C20H21NO3. The van der Waals surface area contributed by atoms with E-state index < -0.39 is 5.92 Å². The molecule has 4 heteroatoms. The monoisotopic (exact) mass is 323 g/mol. The Morgan fingerprint density at radius 1 is 1.08 bits per heavy atom. The van der Waals surface area contributed by atoms with E-state index >= 15 is 0 Å². The molecule has 1 aliphatic heterocycles. The lowest BCUT2D eigenvalue weighted by atomic mass is 9.93. The molecule has 2 atom stereocenters. The smallest absolute Gasteiger partial charge is 0.311 e. The fourth-order valence-corrected chi connectivity index (χ4v) is 3.28. The zero-order valence-corrected chi connectivity index (χ0v) is 13.7. The van der Waals surface area contributed by atoms with Gasteiger partial charge in [0.25, 0.3) is 0 Å². The third kappa shape index (κ3) is 3.32. The van der Waals surface area contributed by atoms with Gasteiger partial charge >= 0.3 is 5.97 Å². The predicted molar refractivity (Wildman–Crippen MR) is 90.9 cm³/mol. The number of carbonyl (C=O) groups is 2. The largest absolute Gasteiger partial charge is 0.466 e. The molecule has 1 heterocycles. The van der Waals surface area contributed by atoms with E-state index in [2.05, 4.69) is 0 Å². The molecule has 3 rings (SSSR count). The molecule has 4 nitrogen and oxygen atoms in total. The highest BCUT2D eigenvalue weighted by Crippen LogP contribution is 2.39. The van der Waals surface area contributed by atoms with Crippen LogP contribution in [0.3, 0.4) is 0 Å². The minimum atomic E-state index is -0.455. The molecule has 0 spiro atoms. The normalized spacial score (nSPS) is 20.2. The van der Waals surface area contributed by atoms with Crippen molar-refractivity contribution < 1.29 is 14.3 Å². The number of hydrogen-bond acceptors (Lipinski definition) is 3. The highest BCUT2D eigenvalue weighted by atomic mass is 16.5. The van der Waals surface area contributed by atoms with E-state index in [0.717, 1.165) is 11.1 Å². The summed E-state index contributed by atoms with van der Waals surface area (Å²) in [5.74, 6) is -0.760. The van der Waals surface area contributed by atoms with Gasteiger partial charge in [-0.25, -0.2) is 0 Å². The molecular weight excluding hydrogens is 302 g/mol. The molecule has 2 unspecified atom stereocenters. The summed E-state index contributed by atoms with van der Waals surface area (Å²) < 4.78 is 5.21. The van der Waals surface area contributed by atoms with Crippen LogP contribution in [0.25, 0.3) is 0 Å². The molecule has 1 fully saturated rings. The highest BCUT2D eigenvalue weighted by Gasteiger charge is 2.45. The fraction of sp³-hybridized carbons (Fsp3) is 0.300.